The number of hydrazone groups is 1. The van der Waals surface area contributed by atoms with Gasteiger partial charge in [0.25, 0.3) is 0 Å². The number of nitrogens with zero attached hydrogens (tertiary/aromatic N) is 2. The summed E-state index contributed by atoms with van der Waals surface area (Å²) in [5.41, 5.74) is 5.83. The first-order valence-electron chi connectivity index (χ1n) is 8.72. The SMILES string of the molecule is Cc1cc(C(=O)COC(=O)C2=NNC(=O)CC2)c(C)n1Cc1ccccc1. The van der Waals surface area contributed by atoms with Crippen molar-refractivity contribution in [3.63, 3.8) is 0 Å². The van der Waals surface area contributed by atoms with Gasteiger partial charge in [-0.15, -0.1) is 0 Å². The molecule has 1 aliphatic rings. The average Bonchev–Trinajstić information content (AvgIpc) is 2.95. The molecule has 0 atom stereocenters. The fraction of sp³-hybridized carbons (Fsp3) is 0.300. The van der Waals surface area contributed by atoms with Crippen LogP contribution >= 0.6 is 0 Å². The number of Topliss-reactive ketones (excluding diaryl/α,β-unsaturated/α-hetero) is 1. The summed E-state index contributed by atoms with van der Waals surface area (Å²) >= 11 is 0. The first-order chi connectivity index (χ1) is 13.0. The highest BCUT2D eigenvalue weighted by Crippen LogP contribution is 2.18. The van der Waals surface area contributed by atoms with Gasteiger partial charge in [0.15, 0.2) is 6.61 Å². The molecule has 7 heteroatoms. The molecule has 1 aliphatic heterocycles. The Morgan fingerprint density at radius 3 is 2.59 bits per heavy atom. The minimum Gasteiger partial charge on any atom is -0.453 e. The molecule has 3 rings (SSSR count). The summed E-state index contributed by atoms with van der Waals surface area (Å²) in [5, 5.41) is 3.67. The Kier molecular flexibility index (Phi) is 5.49. The molecule has 0 saturated carbocycles. The number of aryl methyl sites for hydroxylation is 1. The molecular formula is C20H21N3O4. The fourth-order valence-corrected chi connectivity index (χ4v) is 3.01. The first-order valence-corrected chi connectivity index (χ1v) is 8.72. The summed E-state index contributed by atoms with van der Waals surface area (Å²) in [6.45, 7) is 4.13. The summed E-state index contributed by atoms with van der Waals surface area (Å²) in [5.74, 6) is -1.19. The van der Waals surface area contributed by atoms with E-state index in [1.807, 2.05) is 50.2 Å². The zero-order valence-electron chi connectivity index (χ0n) is 15.3. The Morgan fingerprint density at radius 2 is 1.93 bits per heavy atom. The van der Waals surface area contributed by atoms with Crippen LogP contribution in [-0.2, 0) is 20.9 Å². The van der Waals surface area contributed by atoms with Crippen molar-refractivity contribution < 1.29 is 19.1 Å². The van der Waals surface area contributed by atoms with Crippen LogP contribution in [0.4, 0.5) is 0 Å². The topological polar surface area (TPSA) is 89.8 Å². The van der Waals surface area contributed by atoms with Crippen LogP contribution < -0.4 is 5.43 Å². The number of esters is 1. The minimum absolute atomic E-state index is 0.122. The number of hydrogen-bond acceptors (Lipinski definition) is 5. The number of rotatable bonds is 6. The van der Waals surface area contributed by atoms with E-state index in [2.05, 4.69) is 15.1 Å². The third-order valence-corrected chi connectivity index (χ3v) is 4.53. The number of amides is 1. The number of hydrogen-bond donors (Lipinski definition) is 1. The number of benzene rings is 1. The van der Waals surface area contributed by atoms with E-state index in [-0.39, 0.29) is 36.9 Å². The lowest BCUT2D eigenvalue weighted by molar-refractivity contribution is -0.134. The van der Waals surface area contributed by atoms with Crippen LogP contribution in [0.3, 0.4) is 0 Å². The van der Waals surface area contributed by atoms with E-state index in [4.69, 9.17) is 4.74 Å². The Morgan fingerprint density at radius 1 is 1.19 bits per heavy atom. The molecule has 0 radical (unpaired) electrons. The van der Waals surface area contributed by atoms with Gasteiger partial charge in [0.05, 0.1) is 0 Å². The smallest absolute Gasteiger partial charge is 0.354 e. The number of carbonyl (C=O) groups excluding carboxylic acids is 3. The van der Waals surface area contributed by atoms with E-state index in [1.165, 1.54) is 0 Å². The largest absolute Gasteiger partial charge is 0.453 e. The van der Waals surface area contributed by atoms with Gasteiger partial charge in [-0.25, -0.2) is 10.2 Å². The van der Waals surface area contributed by atoms with Gasteiger partial charge in [0, 0.05) is 36.3 Å². The monoisotopic (exact) mass is 367 g/mol. The highest BCUT2D eigenvalue weighted by Gasteiger charge is 2.22. The molecule has 0 spiro atoms. The van der Waals surface area contributed by atoms with E-state index in [1.54, 1.807) is 0 Å². The number of ketones is 1. The van der Waals surface area contributed by atoms with Gasteiger partial charge in [0.2, 0.25) is 11.7 Å². The number of ether oxygens (including phenoxy) is 1. The predicted molar refractivity (Wildman–Crippen MR) is 99.6 cm³/mol. The first kappa shape index (κ1) is 18.6. The highest BCUT2D eigenvalue weighted by molar-refractivity contribution is 6.37. The van der Waals surface area contributed by atoms with Crippen molar-refractivity contribution in [1.82, 2.24) is 9.99 Å². The number of aromatic nitrogens is 1. The standard InChI is InChI=1S/C20H21N3O4/c1-13-10-16(14(2)23(13)11-15-6-4-3-5-7-15)18(24)12-27-20(26)17-8-9-19(25)22-21-17/h3-7,10H,8-9,11-12H2,1-2H3,(H,22,25). The van der Waals surface area contributed by atoms with E-state index in [9.17, 15) is 14.4 Å². The third kappa shape index (κ3) is 4.31. The van der Waals surface area contributed by atoms with Crippen LogP contribution in [0.15, 0.2) is 41.5 Å². The van der Waals surface area contributed by atoms with E-state index >= 15 is 0 Å². The normalized spacial score (nSPS) is 13.7. The molecule has 1 N–H and O–H groups in total. The molecule has 0 bridgehead atoms. The van der Waals surface area contributed by atoms with Crippen LogP contribution in [0, 0.1) is 13.8 Å². The maximum atomic E-state index is 12.5. The molecule has 1 aromatic heterocycles. The summed E-state index contributed by atoms with van der Waals surface area (Å²) < 4.78 is 7.14. The van der Waals surface area contributed by atoms with Crippen LogP contribution in [0.25, 0.3) is 0 Å². The molecule has 0 fully saturated rings. The summed E-state index contributed by atoms with van der Waals surface area (Å²) in [6, 6.07) is 11.8. The van der Waals surface area contributed by atoms with Gasteiger partial charge >= 0.3 is 5.97 Å². The van der Waals surface area contributed by atoms with Gasteiger partial charge in [-0.1, -0.05) is 30.3 Å². The molecule has 1 amide bonds. The minimum atomic E-state index is -0.679. The third-order valence-electron chi connectivity index (χ3n) is 4.53. The maximum absolute atomic E-state index is 12.5. The van der Waals surface area contributed by atoms with E-state index in [0.29, 0.717) is 12.1 Å². The van der Waals surface area contributed by atoms with Crippen LogP contribution in [0.1, 0.15) is 40.2 Å². The van der Waals surface area contributed by atoms with Crippen molar-refractivity contribution in [2.75, 3.05) is 6.61 Å². The molecule has 2 heterocycles. The van der Waals surface area contributed by atoms with Gasteiger partial charge in [-0.2, -0.15) is 5.10 Å². The second-order valence-electron chi connectivity index (χ2n) is 6.45. The highest BCUT2D eigenvalue weighted by atomic mass is 16.5. The van der Waals surface area contributed by atoms with Crippen LogP contribution in [-0.4, -0.2) is 34.5 Å². The lowest BCUT2D eigenvalue weighted by Crippen LogP contribution is -2.31. The zero-order valence-corrected chi connectivity index (χ0v) is 15.3. The van der Waals surface area contributed by atoms with Crippen molar-refractivity contribution in [2.24, 2.45) is 5.10 Å². The van der Waals surface area contributed by atoms with E-state index in [0.717, 1.165) is 17.0 Å². The van der Waals surface area contributed by atoms with E-state index < -0.39 is 5.97 Å². The zero-order chi connectivity index (χ0) is 19.4. The predicted octanol–water partition coefficient (Wildman–Crippen LogP) is 2.15. The Labute approximate surface area is 157 Å². The maximum Gasteiger partial charge on any atom is 0.354 e. The van der Waals surface area contributed by atoms with Crippen molar-refractivity contribution in [3.8, 4) is 0 Å². The van der Waals surface area contributed by atoms with Gasteiger partial charge in [-0.3, -0.25) is 9.59 Å². The number of nitrogens with one attached hydrogen (secondary N) is 1. The van der Waals surface area contributed by atoms with Crippen molar-refractivity contribution >= 4 is 23.4 Å². The molecule has 7 nitrogen and oxygen atoms in total. The summed E-state index contributed by atoms with van der Waals surface area (Å²) in [4.78, 5) is 35.6. The average molecular weight is 367 g/mol. The fourth-order valence-electron chi connectivity index (χ4n) is 3.01. The second kappa shape index (κ2) is 7.99. The summed E-state index contributed by atoms with van der Waals surface area (Å²) in [7, 11) is 0. The van der Waals surface area contributed by atoms with Crippen molar-refractivity contribution in [2.45, 2.75) is 33.2 Å². The Balaban J connectivity index is 1.66. The molecule has 1 aromatic carbocycles. The lowest BCUT2D eigenvalue weighted by atomic mass is 10.1. The molecule has 0 unspecified atom stereocenters. The molecule has 2 aromatic rings. The Bertz CT molecular complexity index is 913. The lowest BCUT2D eigenvalue weighted by Gasteiger charge is -2.11. The Hall–Kier alpha value is -3.22. The quantitative estimate of drug-likeness (QED) is 0.626. The van der Waals surface area contributed by atoms with Crippen LogP contribution in [0.2, 0.25) is 0 Å². The molecule has 27 heavy (non-hydrogen) atoms. The molecule has 0 aliphatic carbocycles. The van der Waals surface area contributed by atoms with Crippen molar-refractivity contribution in [1.29, 1.82) is 0 Å². The summed E-state index contributed by atoms with van der Waals surface area (Å²) in [6.07, 6.45) is 0.396. The van der Waals surface area contributed by atoms with Gasteiger partial charge < -0.3 is 9.30 Å². The molecule has 140 valence electrons. The van der Waals surface area contributed by atoms with Crippen LogP contribution in [0.5, 0.6) is 0 Å². The van der Waals surface area contributed by atoms with Gasteiger partial charge in [0.1, 0.15) is 5.71 Å². The van der Waals surface area contributed by atoms with Crippen molar-refractivity contribution in [3.05, 3.63) is 58.9 Å². The van der Waals surface area contributed by atoms with Gasteiger partial charge in [-0.05, 0) is 25.5 Å². The second-order valence-corrected chi connectivity index (χ2v) is 6.45. The molecule has 0 saturated heterocycles. The number of carbonyl (C=O) groups is 3. The molecular weight excluding hydrogens is 346 g/mol.